The van der Waals surface area contributed by atoms with E-state index in [1.165, 1.54) is 103 Å². The monoisotopic (exact) mass is 294 g/mol. The van der Waals surface area contributed by atoms with Crippen molar-refractivity contribution in [2.24, 2.45) is 0 Å². The third-order valence-corrected chi connectivity index (χ3v) is 4.44. The van der Waals surface area contributed by atoms with Gasteiger partial charge in [0.15, 0.2) is 0 Å². The molecule has 21 heavy (non-hydrogen) atoms. The van der Waals surface area contributed by atoms with Gasteiger partial charge in [0.2, 0.25) is 0 Å². The lowest BCUT2D eigenvalue weighted by Crippen LogP contribution is -1.83. The van der Waals surface area contributed by atoms with Crippen LogP contribution >= 0.6 is 0 Å². The van der Waals surface area contributed by atoms with Crippen molar-refractivity contribution in [3.05, 3.63) is 11.6 Å². The summed E-state index contributed by atoms with van der Waals surface area (Å²) in [7, 11) is 0. The Labute approximate surface area is 135 Å². The first-order valence-corrected chi connectivity index (χ1v) is 9.96. The summed E-state index contributed by atoms with van der Waals surface area (Å²) in [6, 6.07) is 0. The van der Waals surface area contributed by atoms with Crippen LogP contribution in [0.15, 0.2) is 11.6 Å². The first-order chi connectivity index (χ1) is 10.3. The maximum atomic E-state index is 2.46. The fourth-order valence-corrected chi connectivity index (χ4v) is 3.01. The van der Waals surface area contributed by atoms with Crippen LogP contribution < -0.4 is 0 Å². The molecule has 0 bridgehead atoms. The van der Waals surface area contributed by atoms with Crippen LogP contribution in [0.2, 0.25) is 0 Å². The van der Waals surface area contributed by atoms with E-state index in [-0.39, 0.29) is 0 Å². The largest absolute Gasteiger partial charge is 0.0856 e. The summed E-state index contributed by atoms with van der Waals surface area (Å²) >= 11 is 0. The first-order valence-electron chi connectivity index (χ1n) is 9.96. The van der Waals surface area contributed by atoms with Crippen molar-refractivity contribution in [2.45, 2.75) is 124 Å². The number of rotatable bonds is 16. The minimum Gasteiger partial charge on any atom is -0.0856 e. The summed E-state index contributed by atoms with van der Waals surface area (Å²) in [5.74, 6) is 0. The van der Waals surface area contributed by atoms with Gasteiger partial charge in [-0.25, -0.2) is 0 Å². The van der Waals surface area contributed by atoms with Gasteiger partial charge >= 0.3 is 0 Å². The molecule has 0 heterocycles. The number of allylic oxidation sites excluding steroid dienone is 2. The molecule has 0 amide bonds. The smallest absolute Gasteiger partial charge is 0.0326 e. The van der Waals surface area contributed by atoms with E-state index >= 15 is 0 Å². The predicted molar refractivity (Wildman–Crippen MR) is 99.0 cm³/mol. The predicted octanol–water partition coefficient (Wildman–Crippen LogP) is 8.21. The van der Waals surface area contributed by atoms with Crippen LogP contribution in [0.1, 0.15) is 124 Å². The van der Waals surface area contributed by atoms with Crippen LogP contribution in [0.4, 0.5) is 0 Å². The van der Waals surface area contributed by atoms with Crippen LogP contribution in [0.5, 0.6) is 0 Å². The second-order valence-corrected chi connectivity index (χ2v) is 6.83. The highest BCUT2D eigenvalue weighted by Crippen LogP contribution is 2.13. The molecule has 0 fully saturated rings. The van der Waals surface area contributed by atoms with E-state index in [4.69, 9.17) is 0 Å². The highest BCUT2D eigenvalue weighted by atomic mass is 14.0. The Morgan fingerprint density at radius 3 is 1.43 bits per heavy atom. The third-order valence-electron chi connectivity index (χ3n) is 4.44. The first kappa shape index (κ1) is 20.7. The molecule has 0 aromatic rings. The SMILES string of the molecule is CCCCCCCCCCCCCCC/C=C(\C)CCC. The molecule has 0 N–H and O–H groups in total. The summed E-state index contributed by atoms with van der Waals surface area (Å²) in [6.45, 7) is 6.84. The Morgan fingerprint density at radius 2 is 1.00 bits per heavy atom. The Kier molecular flexibility index (Phi) is 17.6. The maximum absolute atomic E-state index is 2.46. The van der Waals surface area contributed by atoms with Crippen LogP contribution in [-0.4, -0.2) is 0 Å². The second kappa shape index (κ2) is 17.8. The molecule has 0 heteroatoms. The highest BCUT2D eigenvalue weighted by molar-refractivity contribution is 4.97. The maximum Gasteiger partial charge on any atom is -0.0326 e. The van der Waals surface area contributed by atoms with Crippen molar-refractivity contribution in [3.63, 3.8) is 0 Å². The zero-order valence-electron chi connectivity index (χ0n) is 15.4. The molecule has 0 aromatic heterocycles. The standard InChI is InChI=1S/C21H42/c1-4-6-7-8-9-10-11-12-13-14-15-16-17-18-20-21(3)19-5-2/h20H,4-19H2,1-3H3/b21-20+. The third kappa shape index (κ3) is 17.7. The molecule has 0 aromatic carbocycles. The van der Waals surface area contributed by atoms with Gasteiger partial charge in [0, 0.05) is 0 Å². The van der Waals surface area contributed by atoms with Gasteiger partial charge in [-0.15, -0.1) is 0 Å². The van der Waals surface area contributed by atoms with E-state index in [1.54, 1.807) is 5.57 Å². The molecule has 0 spiro atoms. The van der Waals surface area contributed by atoms with Gasteiger partial charge in [-0.05, 0) is 26.2 Å². The van der Waals surface area contributed by atoms with Crippen molar-refractivity contribution in [1.82, 2.24) is 0 Å². The molecule has 0 nitrogen and oxygen atoms in total. The quantitative estimate of drug-likeness (QED) is 0.199. The van der Waals surface area contributed by atoms with E-state index in [0.29, 0.717) is 0 Å². The highest BCUT2D eigenvalue weighted by Gasteiger charge is 1.93. The van der Waals surface area contributed by atoms with Crippen molar-refractivity contribution in [3.8, 4) is 0 Å². The van der Waals surface area contributed by atoms with Gasteiger partial charge in [-0.1, -0.05) is 109 Å². The Bertz CT molecular complexity index is 214. The number of hydrogen-bond donors (Lipinski definition) is 0. The lowest BCUT2D eigenvalue weighted by molar-refractivity contribution is 0.540. The summed E-state index contributed by atoms with van der Waals surface area (Å²) in [5, 5.41) is 0. The molecule has 0 aliphatic carbocycles. The summed E-state index contributed by atoms with van der Waals surface area (Å²) < 4.78 is 0. The van der Waals surface area contributed by atoms with E-state index < -0.39 is 0 Å². The lowest BCUT2D eigenvalue weighted by atomic mass is 10.0. The van der Waals surface area contributed by atoms with Gasteiger partial charge in [-0.2, -0.15) is 0 Å². The van der Waals surface area contributed by atoms with Crippen molar-refractivity contribution >= 4 is 0 Å². The molecular weight excluding hydrogens is 252 g/mol. The van der Waals surface area contributed by atoms with Gasteiger partial charge in [0.25, 0.3) is 0 Å². The molecule has 0 radical (unpaired) electrons. The molecule has 0 saturated carbocycles. The minimum absolute atomic E-state index is 1.29. The second-order valence-electron chi connectivity index (χ2n) is 6.83. The van der Waals surface area contributed by atoms with E-state index in [1.807, 2.05) is 0 Å². The van der Waals surface area contributed by atoms with Crippen molar-refractivity contribution in [1.29, 1.82) is 0 Å². The van der Waals surface area contributed by atoms with E-state index in [9.17, 15) is 0 Å². The van der Waals surface area contributed by atoms with Gasteiger partial charge in [0.05, 0.1) is 0 Å². The molecule has 0 aliphatic heterocycles. The van der Waals surface area contributed by atoms with E-state index in [2.05, 4.69) is 26.8 Å². The Morgan fingerprint density at radius 1 is 0.571 bits per heavy atom. The lowest BCUT2D eigenvalue weighted by Gasteiger charge is -2.03. The minimum atomic E-state index is 1.29. The van der Waals surface area contributed by atoms with Gasteiger partial charge < -0.3 is 0 Å². The molecule has 0 unspecified atom stereocenters. The zero-order valence-corrected chi connectivity index (χ0v) is 15.4. The molecule has 126 valence electrons. The van der Waals surface area contributed by atoms with Crippen LogP contribution in [0.3, 0.4) is 0 Å². The Balaban J connectivity index is 3.07. The van der Waals surface area contributed by atoms with E-state index in [0.717, 1.165) is 0 Å². The molecule has 0 saturated heterocycles. The summed E-state index contributed by atoms with van der Waals surface area (Å²) in [5.41, 5.74) is 1.59. The van der Waals surface area contributed by atoms with Crippen LogP contribution in [-0.2, 0) is 0 Å². The number of unbranched alkanes of at least 4 members (excludes halogenated alkanes) is 13. The Hall–Kier alpha value is -0.260. The zero-order chi connectivity index (χ0) is 15.6. The van der Waals surface area contributed by atoms with Crippen molar-refractivity contribution in [2.75, 3.05) is 0 Å². The van der Waals surface area contributed by atoms with Crippen LogP contribution in [0.25, 0.3) is 0 Å². The fraction of sp³-hybridized carbons (Fsp3) is 0.905. The summed E-state index contributed by atoms with van der Waals surface area (Å²) in [4.78, 5) is 0. The molecule has 0 rings (SSSR count). The van der Waals surface area contributed by atoms with Gasteiger partial charge in [0.1, 0.15) is 0 Å². The van der Waals surface area contributed by atoms with Gasteiger partial charge in [-0.3, -0.25) is 0 Å². The average molecular weight is 295 g/mol. The molecule has 0 aliphatic rings. The number of hydrogen-bond acceptors (Lipinski definition) is 0. The summed E-state index contributed by atoms with van der Waals surface area (Å²) in [6.07, 6.45) is 25.2. The normalized spacial score (nSPS) is 12.0. The molecular formula is C21H42. The van der Waals surface area contributed by atoms with Crippen LogP contribution in [0, 0.1) is 0 Å². The topological polar surface area (TPSA) is 0 Å². The average Bonchev–Trinajstić information content (AvgIpc) is 2.48. The van der Waals surface area contributed by atoms with Crippen molar-refractivity contribution < 1.29 is 0 Å². The fourth-order valence-electron chi connectivity index (χ4n) is 3.01. The molecule has 0 atom stereocenters.